The van der Waals surface area contributed by atoms with E-state index in [0.29, 0.717) is 12.4 Å². The summed E-state index contributed by atoms with van der Waals surface area (Å²) in [4.78, 5) is 34.9. The van der Waals surface area contributed by atoms with E-state index in [-0.39, 0.29) is 19.0 Å². The summed E-state index contributed by atoms with van der Waals surface area (Å²) in [6.07, 6.45) is 0.660. The maximum atomic E-state index is 13.3. The van der Waals surface area contributed by atoms with E-state index in [1.54, 1.807) is 24.0 Å². The van der Waals surface area contributed by atoms with E-state index in [0.717, 1.165) is 21.3 Å². The number of alkyl carbamates (subject to hydrolysis) is 1. The van der Waals surface area contributed by atoms with Crippen LogP contribution in [0.1, 0.15) is 13.8 Å². The number of hydrogen-bond donors (Lipinski definition) is 1. The SMILES string of the molecule is CCOC(=O)NC(=O)CN(CC)c1ncnc2scc(-c3ccc(F)cc3)c12. The molecule has 0 spiro atoms. The molecule has 3 aromatic rings. The quantitative estimate of drug-likeness (QED) is 0.678. The molecule has 1 N–H and O–H groups in total. The molecule has 1 aromatic carbocycles. The zero-order valence-electron chi connectivity index (χ0n) is 15.4. The molecule has 0 aliphatic heterocycles. The molecule has 9 heteroatoms. The highest BCUT2D eigenvalue weighted by Gasteiger charge is 2.20. The van der Waals surface area contributed by atoms with Crippen LogP contribution in [0.5, 0.6) is 0 Å². The first kappa shape index (κ1) is 19.7. The van der Waals surface area contributed by atoms with Crippen molar-refractivity contribution in [2.75, 3.05) is 24.6 Å². The summed E-state index contributed by atoms with van der Waals surface area (Å²) >= 11 is 1.44. The zero-order chi connectivity index (χ0) is 20.1. The van der Waals surface area contributed by atoms with Gasteiger partial charge in [-0.2, -0.15) is 0 Å². The fourth-order valence-electron chi connectivity index (χ4n) is 2.77. The van der Waals surface area contributed by atoms with Crippen molar-refractivity contribution >= 4 is 39.4 Å². The standard InChI is InChI=1S/C19H19FN4O3S/c1-3-24(9-15(25)23-19(26)27-4-2)17-16-14(10-28-18(16)22-11-21-17)12-5-7-13(20)8-6-12/h5-8,10-11H,3-4,9H2,1-2H3,(H,23,25,26). The number of amides is 2. The number of imide groups is 1. The van der Waals surface area contributed by atoms with Crippen LogP contribution in [0.15, 0.2) is 36.0 Å². The van der Waals surface area contributed by atoms with Crippen molar-refractivity contribution in [3.05, 3.63) is 41.8 Å². The number of benzene rings is 1. The van der Waals surface area contributed by atoms with Crippen molar-refractivity contribution in [3.63, 3.8) is 0 Å². The van der Waals surface area contributed by atoms with Gasteiger partial charge < -0.3 is 9.64 Å². The van der Waals surface area contributed by atoms with Gasteiger partial charge in [0.1, 0.15) is 22.8 Å². The molecule has 0 saturated heterocycles. The molecule has 0 aliphatic carbocycles. The van der Waals surface area contributed by atoms with Crippen LogP contribution in [-0.4, -0.2) is 41.7 Å². The Balaban J connectivity index is 1.94. The van der Waals surface area contributed by atoms with Crippen LogP contribution in [-0.2, 0) is 9.53 Å². The van der Waals surface area contributed by atoms with Crippen LogP contribution in [0, 0.1) is 5.82 Å². The van der Waals surface area contributed by atoms with Crippen molar-refractivity contribution in [1.82, 2.24) is 15.3 Å². The molecule has 0 saturated carbocycles. The molecule has 0 fully saturated rings. The minimum absolute atomic E-state index is 0.0693. The molecule has 2 aromatic heterocycles. The van der Waals surface area contributed by atoms with Crippen molar-refractivity contribution in [3.8, 4) is 11.1 Å². The van der Waals surface area contributed by atoms with Crippen LogP contribution in [0.3, 0.4) is 0 Å². The zero-order valence-corrected chi connectivity index (χ0v) is 16.3. The van der Waals surface area contributed by atoms with Gasteiger partial charge in [0.2, 0.25) is 5.91 Å². The summed E-state index contributed by atoms with van der Waals surface area (Å²) in [6, 6.07) is 6.17. The summed E-state index contributed by atoms with van der Waals surface area (Å²) in [5.41, 5.74) is 1.69. The maximum absolute atomic E-state index is 13.3. The van der Waals surface area contributed by atoms with Crippen molar-refractivity contribution in [1.29, 1.82) is 0 Å². The molecule has 146 valence electrons. The van der Waals surface area contributed by atoms with Gasteiger partial charge in [-0.05, 0) is 31.5 Å². The molecule has 3 rings (SSSR count). The molecule has 28 heavy (non-hydrogen) atoms. The second kappa shape index (κ2) is 8.75. The number of likely N-dealkylation sites (N-methyl/N-ethyl adjacent to an activating group) is 1. The third-order valence-corrected chi connectivity index (χ3v) is 4.92. The number of fused-ring (bicyclic) bond motifs is 1. The Morgan fingerprint density at radius 1 is 1.21 bits per heavy atom. The summed E-state index contributed by atoms with van der Waals surface area (Å²) in [6.45, 7) is 4.14. The highest BCUT2D eigenvalue weighted by molar-refractivity contribution is 7.17. The predicted molar refractivity (Wildman–Crippen MR) is 106 cm³/mol. The molecule has 0 aliphatic rings. The third-order valence-electron chi connectivity index (χ3n) is 4.04. The number of nitrogens with one attached hydrogen (secondary N) is 1. The van der Waals surface area contributed by atoms with Crippen LogP contribution in [0.4, 0.5) is 15.0 Å². The molecule has 7 nitrogen and oxygen atoms in total. The van der Waals surface area contributed by atoms with Crippen molar-refractivity contribution < 1.29 is 18.7 Å². The summed E-state index contributed by atoms with van der Waals surface area (Å²) in [7, 11) is 0. The number of thiophene rings is 1. The number of aromatic nitrogens is 2. The van der Waals surface area contributed by atoms with Gasteiger partial charge in [-0.15, -0.1) is 11.3 Å². The molecule has 0 unspecified atom stereocenters. The monoisotopic (exact) mass is 402 g/mol. The smallest absolute Gasteiger partial charge is 0.413 e. The molecule has 0 bridgehead atoms. The molecular formula is C19H19FN4O3S. The Morgan fingerprint density at radius 3 is 2.64 bits per heavy atom. The number of anilines is 1. The first-order chi connectivity index (χ1) is 13.5. The van der Waals surface area contributed by atoms with E-state index in [2.05, 4.69) is 15.3 Å². The second-order valence-electron chi connectivity index (χ2n) is 5.82. The highest BCUT2D eigenvalue weighted by Crippen LogP contribution is 2.37. The number of nitrogens with zero attached hydrogens (tertiary/aromatic N) is 3. The van der Waals surface area contributed by atoms with Gasteiger partial charge in [-0.3, -0.25) is 10.1 Å². The Kier molecular flexibility index (Phi) is 6.15. The largest absolute Gasteiger partial charge is 0.450 e. The minimum Gasteiger partial charge on any atom is -0.450 e. The summed E-state index contributed by atoms with van der Waals surface area (Å²) in [5, 5.41) is 4.90. The van der Waals surface area contributed by atoms with Crippen LogP contribution in [0.2, 0.25) is 0 Å². The Hall–Kier alpha value is -3.07. The number of hydrogen-bond acceptors (Lipinski definition) is 7. The number of ether oxygens (including phenoxy) is 1. The average molecular weight is 402 g/mol. The second-order valence-corrected chi connectivity index (χ2v) is 6.67. The van der Waals surface area contributed by atoms with Crippen molar-refractivity contribution in [2.24, 2.45) is 0 Å². The molecule has 0 radical (unpaired) electrons. The summed E-state index contributed by atoms with van der Waals surface area (Å²) < 4.78 is 18.0. The normalized spacial score (nSPS) is 10.7. The van der Waals surface area contributed by atoms with Crippen LogP contribution < -0.4 is 10.2 Å². The average Bonchev–Trinajstić information content (AvgIpc) is 3.11. The van der Waals surface area contributed by atoms with Gasteiger partial charge >= 0.3 is 6.09 Å². The lowest BCUT2D eigenvalue weighted by atomic mass is 10.1. The molecular weight excluding hydrogens is 383 g/mol. The van der Waals surface area contributed by atoms with E-state index >= 15 is 0 Å². The van der Waals surface area contributed by atoms with Gasteiger partial charge in [0.15, 0.2) is 0 Å². The first-order valence-corrected chi connectivity index (χ1v) is 9.61. The molecule has 0 atom stereocenters. The van der Waals surface area contributed by atoms with Gasteiger partial charge in [0.25, 0.3) is 0 Å². The minimum atomic E-state index is -0.779. The van der Waals surface area contributed by atoms with Gasteiger partial charge in [0, 0.05) is 17.5 Å². The first-order valence-electron chi connectivity index (χ1n) is 8.73. The topological polar surface area (TPSA) is 84.4 Å². The predicted octanol–water partition coefficient (Wildman–Crippen LogP) is 3.60. The van der Waals surface area contributed by atoms with Gasteiger partial charge in [-0.25, -0.2) is 19.2 Å². The van der Waals surface area contributed by atoms with Gasteiger partial charge in [-0.1, -0.05) is 12.1 Å². The highest BCUT2D eigenvalue weighted by atomic mass is 32.1. The van der Waals surface area contributed by atoms with E-state index in [1.807, 2.05) is 12.3 Å². The van der Waals surface area contributed by atoms with E-state index in [9.17, 15) is 14.0 Å². The lowest BCUT2D eigenvalue weighted by Gasteiger charge is -2.22. The Labute approximate surface area is 165 Å². The lowest BCUT2D eigenvalue weighted by Crippen LogP contribution is -2.40. The van der Waals surface area contributed by atoms with Gasteiger partial charge in [0.05, 0.1) is 18.5 Å². The lowest BCUT2D eigenvalue weighted by molar-refractivity contribution is -0.119. The number of carbonyl (C=O) groups is 2. The Bertz CT molecular complexity index is 991. The number of carbonyl (C=O) groups excluding carboxylic acids is 2. The number of rotatable bonds is 6. The van der Waals surface area contributed by atoms with E-state index in [1.165, 1.54) is 29.8 Å². The maximum Gasteiger partial charge on any atom is 0.413 e. The fraction of sp³-hybridized carbons (Fsp3) is 0.263. The van der Waals surface area contributed by atoms with E-state index in [4.69, 9.17) is 4.74 Å². The number of halogens is 1. The molecule has 2 amide bonds. The van der Waals surface area contributed by atoms with Crippen LogP contribution in [0.25, 0.3) is 21.3 Å². The third kappa shape index (κ3) is 4.25. The fourth-order valence-corrected chi connectivity index (χ4v) is 3.68. The van der Waals surface area contributed by atoms with Crippen LogP contribution >= 0.6 is 11.3 Å². The summed E-state index contributed by atoms with van der Waals surface area (Å²) in [5.74, 6) is -0.233. The Morgan fingerprint density at radius 2 is 1.96 bits per heavy atom. The van der Waals surface area contributed by atoms with E-state index < -0.39 is 12.0 Å². The van der Waals surface area contributed by atoms with Crippen molar-refractivity contribution in [2.45, 2.75) is 13.8 Å². The molecule has 2 heterocycles.